The summed E-state index contributed by atoms with van der Waals surface area (Å²) >= 11 is 0. The molecule has 0 N–H and O–H groups in total. The third-order valence-corrected chi connectivity index (χ3v) is 3.53. The number of benzene rings is 2. The van der Waals surface area contributed by atoms with Crippen LogP contribution in [0.4, 0.5) is 0 Å². The first-order valence-corrected chi connectivity index (χ1v) is 6.16. The molecule has 0 atom stereocenters. The Hall–Kier alpha value is -2.61. The normalized spacial score (nSPS) is 12.3. The highest BCUT2D eigenvalue weighted by Crippen LogP contribution is 2.33. The van der Waals surface area contributed by atoms with Crippen LogP contribution in [-0.4, -0.2) is 5.78 Å². The summed E-state index contributed by atoms with van der Waals surface area (Å²) in [7, 11) is 0. The summed E-state index contributed by atoms with van der Waals surface area (Å²) in [5.74, 6) is 1.01. The number of carbonyl (C=O) groups is 1. The van der Waals surface area contributed by atoms with Crippen molar-refractivity contribution in [2.45, 2.75) is 0 Å². The van der Waals surface area contributed by atoms with Crippen molar-refractivity contribution in [2.24, 2.45) is 0 Å². The van der Waals surface area contributed by atoms with Crippen LogP contribution in [0.1, 0.15) is 15.9 Å². The van der Waals surface area contributed by atoms with Crippen LogP contribution in [0.3, 0.4) is 0 Å². The van der Waals surface area contributed by atoms with Crippen LogP contribution in [0.2, 0.25) is 0 Å². The molecule has 2 aromatic carbocycles. The number of hydrogen-bond donors (Lipinski definition) is 0. The molecule has 90 valence electrons. The Bertz CT molecular complexity index is 762. The van der Waals surface area contributed by atoms with E-state index in [0.717, 1.165) is 33.6 Å². The SMILES string of the molecule is O=C1c2ccc(-c3ccc(-c4ccco4)cc3)c1c2. The predicted molar refractivity (Wildman–Crippen MR) is 73.0 cm³/mol. The highest BCUT2D eigenvalue weighted by molar-refractivity contribution is 6.20. The topological polar surface area (TPSA) is 30.2 Å². The van der Waals surface area contributed by atoms with Crippen molar-refractivity contribution >= 4 is 5.78 Å². The fourth-order valence-electron chi connectivity index (χ4n) is 2.46. The van der Waals surface area contributed by atoms with Gasteiger partial charge in [-0.25, -0.2) is 0 Å². The van der Waals surface area contributed by atoms with Gasteiger partial charge in [0.2, 0.25) is 0 Å². The van der Waals surface area contributed by atoms with E-state index in [2.05, 4.69) is 0 Å². The van der Waals surface area contributed by atoms with E-state index in [9.17, 15) is 4.79 Å². The predicted octanol–water partition coefficient (Wildman–Crippen LogP) is 4.16. The zero-order valence-corrected chi connectivity index (χ0v) is 10.1. The van der Waals surface area contributed by atoms with Gasteiger partial charge >= 0.3 is 0 Å². The Morgan fingerprint density at radius 3 is 2.11 bits per heavy atom. The zero-order chi connectivity index (χ0) is 12.8. The molecule has 2 heteroatoms. The average Bonchev–Trinajstić information content (AvgIpc) is 3.01. The minimum Gasteiger partial charge on any atom is -0.464 e. The van der Waals surface area contributed by atoms with Crippen LogP contribution >= 0.6 is 0 Å². The molecule has 0 spiro atoms. The first kappa shape index (κ1) is 10.3. The van der Waals surface area contributed by atoms with E-state index in [4.69, 9.17) is 4.42 Å². The maximum Gasteiger partial charge on any atom is 0.193 e. The highest BCUT2D eigenvalue weighted by Gasteiger charge is 2.24. The second-order valence-corrected chi connectivity index (χ2v) is 4.64. The van der Waals surface area contributed by atoms with Crippen molar-refractivity contribution in [3.8, 4) is 22.5 Å². The Kier molecular flexibility index (Phi) is 2.00. The third-order valence-electron chi connectivity index (χ3n) is 3.53. The number of hydrogen-bond acceptors (Lipinski definition) is 2. The Labute approximate surface area is 110 Å². The third kappa shape index (κ3) is 1.47. The average molecular weight is 246 g/mol. The summed E-state index contributed by atoms with van der Waals surface area (Å²) in [6.45, 7) is 0. The summed E-state index contributed by atoms with van der Waals surface area (Å²) < 4.78 is 5.36. The number of fused-ring (bicyclic) bond motifs is 2. The summed E-state index contributed by atoms with van der Waals surface area (Å²) in [5.41, 5.74) is 4.74. The maximum absolute atomic E-state index is 11.7. The maximum atomic E-state index is 11.7. The van der Waals surface area contributed by atoms with Gasteiger partial charge in [-0.2, -0.15) is 0 Å². The lowest BCUT2D eigenvalue weighted by Gasteiger charge is -2.18. The van der Waals surface area contributed by atoms with E-state index in [-0.39, 0.29) is 5.78 Å². The zero-order valence-electron chi connectivity index (χ0n) is 10.1. The first-order chi connectivity index (χ1) is 9.33. The lowest BCUT2D eigenvalue weighted by Crippen LogP contribution is -2.13. The van der Waals surface area contributed by atoms with Gasteiger partial charge in [0.1, 0.15) is 5.76 Å². The van der Waals surface area contributed by atoms with Crippen LogP contribution in [0.25, 0.3) is 22.5 Å². The molecule has 2 nitrogen and oxygen atoms in total. The largest absolute Gasteiger partial charge is 0.464 e. The van der Waals surface area contributed by atoms with Gasteiger partial charge in [-0.3, -0.25) is 4.79 Å². The molecule has 0 amide bonds. The fraction of sp³-hybridized carbons (Fsp3) is 0. The molecule has 0 aliphatic heterocycles. The van der Waals surface area contributed by atoms with E-state index in [1.54, 1.807) is 6.26 Å². The summed E-state index contributed by atoms with van der Waals surface area (Å²) in [5, 5.41) is 0. The monoisotopic (exact) mass is 246 g/mol. The van der Waals surface area contributed by atoms with Gasteiger partial charge in [-0.15, -0.1) is 0 Å². The molecule has 0 saturated carbocycles. The number of rotatable bonds is 2. The second kappa shape index (κ2) is 3.69. The molecule has 1 aromatic heterocycles. The molecule has 19 heavy (non-hydrogen) atoms. The van der Waals surface area contributed by atoms with Crippen LogP contribution in [0.15, 0.2) is 65.3 Å². The van der Waals surface area contributed by atoms with Gasteiger partial charge in [0.25, 0.3) is 0 Å². The van der Waals surface area contributed by atoms with Gasteiger partial charge in [0, 0.05) is 16.7 Å². The molecule has 2 aliphatic rings. The van der Waals surface area contributed by atoms with Gasteiger partial charge in [-0.1, -0.05) is 36.4 Å². The van der Waals surface area contributed by atoms with Gasteiger partial charge < -0.3 is 4.42 Å². The molecule has 3 aromatic rings. The molecule has 1 heterocycles. The quantitative estimate of drug-likeness (QED) is 0.531. The van der Waals surface area contributed by atoms with Crippen LogP contribution in [0.5, 0.6) is 0 Å². The molecule has 2 bridgehead atoms. The molecule has 0 radical (unpaired) electrons. The van der Waals surface area contributed by atoms with E-state index < -0.39 is 0 Å². The van der Waals surface area contributed by atoms with Gasteiger partial charge in [0.05, 0.1) is 6.26 Å². The first-order valence-electron chi connectivity index (χ1n) is 6.16. The number of ketones is 1. The van der Waals surface area contributed by atoms with Crippen molar-refractivity contribution in [1.29, 1.82) is 0 Å². The molecular weight excluding hydrogens is 236 g/mol. The van der Waals surface area contributed by atoms with Crippen molar-refractivity contribution < 1.29 is 9.21 Å². The van der Waals surface area contributed by atoms with Gasteiger partial charge in [-0.05, 0) is 29.3 Å². The Balaban J connectivity index is 1.76. The smallest absolute Gasteiger partial charge is 0.193 e. The van der Waals surface area contributed by atoms with Crippen LogP contribution < -0.4 is 0 Å². The molecular formula is C17H10O2. The summed E-state index contributed by atoms with van der Waals surface area (Å²) in [6.07, 6.45) is 1.66. The van der Waals surface area contributed by atoms with Crippen molar-refractivity contribution in [2.75, 3.05) is 0 Å². The minimum absolute atomic E-state index is 0.160. The number of furan rings is 1. The van der Waals surface area contributed by atoms with Gasteiger partial charge in [0.15, 0.2) is 5.78 Å². The molecule has 0 saturated heterocycles. The standard InChI is InChI=1S/C17H10O2/c18-17-13-7-8-14(15(17)10-13)11-3-5-12(6-4-11)16-2-1-9-19-16/h1-10H. The second-order valence-electron chi connectivity index (χ2n) is 4.64. The van der Waals surface area contributed by atoms with Crippen molar-refractivity contribution in [3.05, 3.63) is 72.0 Å². The fourth-order valence-corrected chi connectivity index (χ4v) is 2.46. The Morgan fingerprint density at radius 1 is 0.737 bits per heavy atom. The lowest BCUT2D eigenvalue weighted by molar-refractivity contribution is 0.102. The van der Waals surface area contributed by atoms with E-state index in [1.807, 2.05) is 54.6 Å². The molecule has 0 unspecified atom stereocenters. The van der Waals surface area contributed by atoms with E-state index in [0.29, 0.717) is 0 Å². The van der Waals surface area contributed by atoms with Crippen molar-refractivity contribution in [1.82, 2.24) is 0 Å². The molecule has 2 aliphatic carbocycles. The van der Waals surface area contributed by atoms with E-state index in [1.165, 1.54) is 0 Å². The molecule has 5 rings (SSSR count). The van der Waals surface area contributed by atoms with E-state index >= 15 is 0 Å². The highest BCUT2D eigenvalue weighted by atomic mass is 16.3. The van der Waals surface area contributed by atoms with Crippen molar-refractivity contribution in [3.63, 3.8) is 0 Å². The molecule has 0 fully saturated rings. The summed E-state index contributed by atoms with van der Waals surface area (Å²) in [4.78, 5) is 11.7. The Morgan fingerprint density at radius 2 is 1.47 bits per heavy atom. The summed E-state index contributed by atoms with van der Waals surface area (Å²) in [6, 6.07) is 17.7. The minimum atomic E-state index is 0.160. The van der Waals surface area contributed by atoms with Crippen LogP contribution in [0, 0.1) is 0 Å². The number of carbonyl (C=O) groups excluding carboxylic acids is 1. The lowest BCUT2D eigenvalue weighted by atomic mass is 9.84. The van der Waals surface area contributed by atoms with Crippen LogP contribution in [-0.2, 0) is 0 Å².